The van der Waals surface area contributed by atoms with Gasteiger partial charge in [-0.05, 0) is 109 Å². The fourth-order valence-electron chi connectivity index (χ4n) is 6.66. The zero-order valence-electron chi connectivity index (χ0n) is 42.6. The molecule has 0 aliphatic rings. The molecule has 5 rings (SSSR count). The molecule has 0 atom stereocenters. The predicted octanol–water partition coefficient (Wildman–Crippen LogP) is 10.4. The smallest absolute Gasteiger partial charge is 0.337 e. The maximum Gasteiger partial charge on any atom is 0.337 e. The molecule has 0 radical (unpaired) electrons. The first-order chi connectivity index (χ1) is 34.3. The molecule has 0 aromatic heterocycles. The molecular formula is C55H64N4O13. The van der Waals surface area contributed by atoms with E-state index >= 15 is 0 Å². The van der Waals surface area contributed by atoms with Gasteiger partial charge in [0.25, 0.3) is 23.6 Å². The average Bonchev–Trinajstić information content (AvgIpc) is 3.36. The highest BCUT2D eigenvalue weighted by Crippen LogP contribution is 2.34. The summed E-state index contributed by atoms with van der Waals surface area (Å²) in [5.74, 6) is -1.97. The third kappa shape index (κ3) is 15.0. The van der Waals surface area contributed by atoms with E-state index in [1.54, 1.807) is 12.1 Å². The Hall–Kier alpha value is -8.08. The van der Waals surface area contributed by atoms with Crippen molar-refractivity contribution in [3.63, 3.8) is 0 Å². The van der Waals surface area contributed by atoms with Crippen molar-refractivity contribution in [2.24, 2.45) is 23.7 Å². The largest absolute Gasteiger partial charge is 0.495 e. The standard InChI is InChI=1S/C55H64N4O13/c1-31(2)27-69-45-23-35(50(60)56-41-21-17-37(54(64)67-10)25-47(41)71-29-33(5)6)15-19-43(45)58-52(62)39-13-12-14-40(49(39)66-9)53(63)59-44-20-16-36(24-46(44)70-28-32(3)4)51(61)57-42-22-18-38(55(65)68-11)26-48(42)72-30-34(7)8/h12-26,31-34H,27-30H2,1-11H3,(H,56,60)(H,57,61)(H,58,62)(H,59,63). The highest BCUT2D eigenvalue weighted by Gasteiger charge is 2.24. The number of rotatable bonds is 23. The van der Waals surface area contributed by atoms with Crippen LogP contribution in [0.1, 0.15) is 118 Å². The monoisotopic (exact) mass is 988 g/mol. The fourth-order valence-corrected chi connectivity index (χ4v) is 6.66. The van der Waals surface area contributed by atoms with Crippen LogP contribution in [0.25, 0.3) is 0 Å². The lowest BCUT2D eigenvalue weighted by atomic mass is 10.1. The van der Waals surface area contributed by atoms with Gasteiger partial charge in [-0.3, -0.25) is 19.2 Å². The van der Waals surface area contributed by atoms with Crippen LogP contribution in [0.2, 0.25) is 0 Å². The molecule has 17 nitrogen and oxygen atoms in total. The molecular weight excluding hydrogens is 925 g/mol. The van der Waals surface area contributed by atoms with E-state index in [0.717, 1.165) is 0 Å². The normalized spacial score (nSPS) is 10.9. The molecule has 5 aromatic carbocycles. The number of ether oxygens (including phenoxy) is 7. The molecule has 72 heavy (non-hydrogen) atoms. The Morgan fingerprint density at radius 3 is 0.944 bits per heavy atom. The second kappa shape index (κ2) is 25.7. The fraction of sp³-hybridized carbons (Fsp3) is 0.345. The van der Waals surface area contributed by atoms with Crippen LogP contribution in [0.15, 0.2) is 91.0 Å². The third-order valence-electron chi connectivity index (χ3n) is 10.3. The summed E-state index contributed by atoms with van der Waals surface area (Å²) in [4.78, 5) is 80.2. The lowest BCUT2D eigenvalue weighted by Crippen LogP contribution is -2.20. The Kier molecular flexibility index (Phi) is 19.6. The lowest BCUT2D eigenvalue weighted by molar-refractivity contribution is 0.0591. The summed E-state index contributed by atoms with van der Waals surface area (Å²) in [7, 11) is 3.89. The van der Waals surface area contributed by atoms with Gasteiger partial charge in [0.1, 0.15) is 28.7 Å². The average molecular weight is 989 g/mol. The van der Waals surface area contributed by atoms with Gasteiger partial charge >= 0.3 is 11.9 Å². The Balaban J connectivity index is 1.39. The summed E-state index contributed by atoms with van der Waals surface area (Å²) in [5, 5.41) is 11.4. The van der Waals surface area contributed by atoms with Crippen LogP contribution < -0.4 is 45.0 Å². The van der Waals surface area contributed by atoms with Gasteiger partial charge in [0.15, 0.2) is 0 Å². The zero-order valence-corrected chi connectivity index (χ0v) is 42.6. The number of methoxy groups -OCH3 is 3. The first-order valence-corrected chi connectivity index (χ1v) is 23.5. The first kappa shape index (κ1) is 54.9. The van der Waals surface area contributed by atoms with Crippen LogP contribution in [0.4, 0.5) is 22.7 Å². The summed E-state index contributed by atoms with van der Waals surface area (Å²) in [6.07, 6.45) is 0. The van der Waals surface area contributed by atoms with Gasteiger partial charge in [-0.25, -0.2) is 9.59 Å². The molecule has 382 valence electrons. The van der Waals surface area contributed by atoms with E-state index in [4.69, 9.17) is 33.2 Å². The Morgan fingerprint density at radius 2 is 0.667 bits per heavy atom. The molecule has 4 N–H and O–H groups in total. The van der Waals surface area contributed by atoms with E-state index in [0.29, 0.717) is 24.6 Å². The molecule has 0 spiro atoms. The summed E-state index contributed by atoms with van der Waals surface area (Å²) >= 11 is 0. The maximum atomic E-state index is 14.1. The first-order valence-electron chi connectivity index (χ1n) is 23.5. The Labute approximate surface area is 420 Å². The van der Waals surface area contributed by atoms with Gasteiger partial charge in [-0.2, -0.15) is 0 Å². The van der Waals surface area contributed by atoms with Crippen LogP contribution in [-0.4, -0.2) is 83.3 Å². The molecule has 4 amide bonds. The number of esters is 2. The van der Waals surface area contributed by atoms with Gasteiger partial charge < -0.3 is 54.4 Å². The van der Waals surface area contributed by atoms with Crippen molar-refractivity contribution < 1.29 is 61.9 Å². The zero-order chi connectivity index (χ0) is 52.6. The quantitative estimate of drug-likeness (QED) is 0.0449. The minimum atomic E-state index is -0.639. The van der Waals surface area contributed by atoms with E-state index in [9.17, 15) is 28.8 Å². The van der Waals surface area contributed by atoms with E-state index in [-0.39, 0.29) is 110 Å². The number of hydrogen-bond donors (Lipinski definition) is 4. The number of carbonyl (C=O) groups excluding carboxylic acids is 6. The second-order valence-corrected chi connectivity index (χ2v) is 18.3. The van der Waals surface area contributed by atoms with Crippen LogP contribution >= 0.6 is 0 Å². The van der Waals surface area contributed by atoms with Crippen LogP contribution in [0.3, 0.4) is 0 Å². The lowest BCUT2D eigenvalue weighted by Gasteiger charge is -2.18. The molecule has 0 aliphatic carbocycles. The van der Waals surface area contributed by atoms with Crippen molar-refractivity contribution in [1.29, 1.82) is 0 Å². The Morgan fingerprint density at radius 1 is 0.389 bits per heavy atom. The number of carbonyl (C=O) groups is 6. The van der Waals surface area contributed by atoms with Crippen molar-refractivity contribution in [3.8, 4) is 28.7 Å². The summed E-state index contributed by atoms with van der Waals surface area (Å²) in [5.41, 5.74) is 2.09. The Bertz CT molecular complexity index is 2590. The van der Waals surface area contributed by atoms with Crippen molar-refractivity contribution in [1.82, 2.24) is 0 Å². The number of benzene rings is 5. The SMILES string of the molecule is COC(=O)c1ccc(NC(=O)c2ccc(NC(=O)c3cccc(C(=O)Nc4ccc(C(=O)Nc5ccc(C(=O)OC)cc5OCC(C)C)cc4OCC(C)C)c3OC)c(OCC(C)C)c2)c(OCC(C)C)c1. The number of nitrogens with one attached hydrogen (secondary N) is 4. The van der Waals surface area contributed by atoms with Crippen molar-refractivity contribution >= 4 is 58.3 Å². The van der Waals surface area contributed by atoms with Gasteiger partial charge in [0.05, 0.1) is 92.8 Å². The van der Waals surface area contributed by atoms with Crippen LogP contribution in [0, 0.1) is 23.7 Å². The van der Waals surface area contributed by atoms with Gasteiger partial charge in [0, 0.05) is 11.1 Å². The highest BCUT2D eigenvalue weighted by molar-refractivity contribution is 6.13. The molecule has 0 saturated carbocycles. The second-order valence-electron chi connectivity index (χ2n) is 18.3. The summed E-state index contributed by atoms with van der Waals surface area (Å²) in [6, 6.07) is 22.8. The molecule has 17 heteroatoms. The highest BCUT2D eigenvalue weighted by atomic mass is 16.5. The van der Waals surface area contributed by atoms with E-state index in [1.807, 2.05) is 55.4 Å². The molecule has 0 heterocycles. The minimum Gasteiger partial charge on any atom is -0.495 e. The third-order valence-corrected chi connectivity index (χ3v) is 10.3. The van der Waals surface area contributed by atoms with Crippen LogP contribution in [-0.2, 0) is 9.47 Å². The van der Waals surface area contributed by atoms with Crippen LogP contribution in [0.5, 0.6) is 28.7 Å². The molecule has 0 bridgehead atoms. The topological polar surface area (TPSA) is 215 Å². The van der Waals surface area contributed by atoms with E-state index in [2.05, 4.69) is 21.3 Å². The van der Waals surface area contributed by atoms with Crippen molar-refractivity contribution in [2.45, 2.75) is 55.4 Å². The van der Waals surface area contributed by atoms with Gasteiger partial charge in [0.2, 0.25) is 0 Å². The molecule has 5 aromatic rings. The molecule has 0 saturated heterocycles. The van der Waals surface area contributed by atoms with E-state index < -0.39 is 35.6 Å². The molecule has 0 unspecified atom stereocenters. The maximum absolute atomic E-state index is 14.1. The molecule has 0 aliphatic heterocycles. The number of para-hydroxylation sites is 1. The number of amides is 4. The minimum absolute atomic E-state index is 0.0192. The van der Waals surface area contributed by atoms with E-state index in [1.165, 1.54) is 100 Å². The number of anilines is 4. The summed E-state index contributed by atoms with van der Waals surface area (Å²) in [6.45, 7) is 16.9. The number of hydrogen-bond acceptors (Lipinski definition) is 13. The van der Waals surface area contributed by atoms with Crippen molar-refractivity contribution in [2.75, 3.05) is 69.0 Å². The predicted molar refractivity (Wildman–Crippen MR) is 275 cm³/mol. The van der Waals surface area contributed by atoms with Gasteiger partial charge in [-0.15, -0.1) is 0 Å². The van der Waals surface area contributed by atoms with Gasteiger partial charge in [-0.1, -0.05) is 61.5 Å². The van der Waals surface area contributed by atoms with Crippen molar-refractivity contribution in [3.05, 3.63) is 124 Å². The summed E-state index contributed by atoms with van der Waals surface area (Å²) < 4.78 is 39.6. The molecule has 0 fully saturated rings.